The highest BCUT2D eigenvalue weighted by Gasteiger charge is 2.41. The second-order valence-corrected chi connectivity index (χ2v) is 7.59. The van der Waals surface area contributed by atoms with Gasteiger partial charge in [0.15, 0.2) is 0 Å². The smallest absolute Gasteiger partial charge is 0.122 e. The van der Waals surface area contributed by atoms with Crippen molar-refractivity contribution in [3.05, 3.63) is 42.4 Å². The second-order valence-electron chi connectivity index (χ2n) is 6.11. The number of aliphatic hydroxyl groups is 1. The molecule has 3 unspecified atom stereocenters. The molecule has 1 saturated heterocycles. The molecule has 116 valence electrons. The lowest BCUT2D eigenvalue weighted by atomic mass is 9.85. The molecule has 1 N–H and O–H groups in total. The van der Waals surface area contributed by atoms with Crippen LogP contribution in [0.25, 0.3) is 11.3 Å². The Kier molecular flexibility index (Phi) is 3.72. The van der Waals surface area contributed by atoms with Crippen molar-refractivity contribution in [2.24, 2.45) is 5.92 Å². The molecule has 0 radical (unpaired) electrons. The van der Waals surface area contributed by atoms with Gasteiger partial charge >= 0.3 is 0 Å². The van der Waals surface area contributed by atoms with E-state index in [-0.39, 0.29) is 18.1 Å². The van der Waals surface area contributed by atoms with E-state index in [4.69, 9.17) is 0 Å². The van der Waals surface area contributed by atoms with Crippen LogP contribution < -0.4 is 0 Å². The number of aromatic nitrogens is 2. The zero-order chi connectivity index (χ0) is 15.1. The van der Waals surface area contributed by atoms with Gasteiger partial charge in [0.2, 0.25) is 0 Å². The van der Waals surface area contributed by atoms with Gasteiger partial charge in [-0.2, -0.15) is 0 Å². The molecule has 1 aromatic carbocycles. The standard InChI is InChI=1S/C17H21N3OS/c1-2-22-19-8-7-16(21)14(10-19)17-13-6-4-3-5-12(13)15-9-18-11-20(15)17/h3-6,9,11,14,16-17,21H,2,7-8,10H2,1H3/p+1. The SMILES string of the molecule is CC[SH+]N1CCC(O)C(C2c3ccccc3-c3cncn32)C1. The van der Waals surface area contributed by atoms with Gasteiger partial charge in [-0.15, -0.1) is 4.31 Å². The molecular weight excluding hydrogens is 294 g/mol. The first-order valence-corrected chi connectivity index (χ1v) is 9.04. The van der Waals surface area contributed by atoms with Crippen molar-refractivity contribution >= 4 is 11.9 Å². The molecule has 4 rings (SSSR count). The van der Waals surface area contributed by atoms with E-state index in [1.807, 2.05) is 12.5 Å². The van der Waals surface area contributed by atoms with Crippen LogP contribution in [0.4, 0.5) is 0 Å². The molecule has 3 heterocycles. The first-order chi connectivity index (χ1) is 10.8. The summed E-state index contributed by atoms with van der Waals surface area (Å²) in [6.45, 7) is 4.16. The maximum atomic E-state index is 10.6. The number of aliphatic hydroxyl groups excluding tert-OH is 1. The summed E-state index contributed by atoms with van der Waals surface area (Å²) in [5.41, 5.74) is 3.78. The highest BCUT2D eigenvalue weighted by atomic mass is 32.2. The third-order valence-corrected chi connectivity index (χ3v) is 5.91. The highest BCUT2D eigenvalue weighted by molar-refractivity contribution is 7.76. The minimum absolute atomic E-state index is 0.207. The van der Waals surface area contributed by atoms with Gasteiger partial charge in [0, 0.05) is 18.0 Å². The molecule has 0 bridgehead atoms. The zero-order valence-electron chi connectivity index (χ0n) is 12.8. The predicted octanol–water partition coefficient (Wildman–Crippen LogP) is 1.89. The Balaban J connectivity index is 1.72. The Bertz CT molecular complexity index is 671. The molecule has 1 fully saturated rings. The van der Waals surface area contributed by atoms with Crippen molar-refractivity contribution in [2.75, 3.05) is 18.8 Å². The Morgan fingerprint density at radius 3 is 3.09 bits per heavy atom. The Morgan fingerprint density at radius 1 is 1.36 bits per heavy atom. The number of nitrogens with zero attached hydrogens (tertiary/aromatic N) is 3. The van der Waals surface area contributed by atoms with Gasteiger partial charge in [0.1, 0.15) is 5.75 Å². The van der Waals surface area contributed by atoms with Crippen LogP contribution >= 0.6 is 0 Å². The number of hydrogen-bond donors (Lipinski definition) is 1. The van der Waals surface area contributed by atoms with Gasteiger partial charge in [-0.3, -0.25) is 0 Å². The van der Waals surface area contributed by atoms with Crippen molar-refractivity contribution in [1.82, 2.24) is 13.9 Å². The Labute approximate surface area is 135 Å². The molecule has 0 amide bonds. The lowest BCUT2D eigenvalue weighted by Gasteiger charge is -2.36. The number of hydrogen-bond acceptors (Lipinski definition) is 3. The van der Waals surface area contributed by atoms with E-state index in [0.29, 0.717) is 0 Å². The molecule has 5 heteroatoms. The predicted molar refractivity (Wildman–Crippen MR) is 90.8 cm³/mol. The zero-order valence-corrected chi connectivity index (χ0v) is 13.7. The van der Waals surface area contributed by atoms with E-state index in [0.717, 1.165) is 25.3 Å². The van der Waals surface area contributed by atoms with E-state index in [2.05, 4.69) is 45.0 Å². The number of thiol groups is 1. The Hall–Kier alpha value is -1.30. The minimum Gasteiger partial charge on any atom is -0.393 e. The highest BCUT2D eigenvalue weighted by Crippen LogP contribution is 2.45. The van der Waals surface area contributed by atoms with Gasteiger partial charge in [0.05, 0.1) is 48.9 Å². The van der Waals surface area contributed by atoms with E-state index < -0.39 is 0 Å². The van der Waals surface area contributed by atoms with Crippen LogP contribution in [0.3, 0.4) is 0 Å². The summed E-state index contributed by atoms with van der Waals surface area (Å²) in [4.78, 5) is 4.33. The summed E-state index contributed by atoms with van der Waals surface area (Å²) in [5.74, 6) is 1.37. The number of benzene rings is 1. The van der Waals surface area contributed by atoms with E-state index in [1.165, 1.54) is 28.8 Å². The molecule has 0 spiro atoms. The summed E-state index contributed by atoms with van der Waals surface area (Å²) in [7, 11) is 0. The minimum atomic E-state index is -0.241. The first-order valence-electron chi connectivity index (χ1n) is 8.01. The maximum Gasteiger partial charge on any atom is 0.122 e. The maximum absolute atomic E-state index is 10.6. The average molecular weight is 316 g/mol. The molecule has 2 aliphatic rings. The van der Waals surface area contributed by atoms with Gasteiger partial charge in [0.25, 0.3) is 0 Å². The van der Waals surface area contributed by atoms with Gasteiger partial charge in [-0.05, 0) is 18.9 Å². The molecule has 0 saturated carbocycles. The van der Waals surface area contributed by atoms with Crippen molar-refractivity contribution in [2.45, 2.75) is 25.5 Å². The van der Waals surface area contributed by atoms with Gasteiger partial charge < -0.3 is 9.67 Å². The molecule has 22 heavy (non-hydrogen) atoms. The summed E-state index contributed by atoms with van der Waals surface area (Å²) in [6.07, 6.45) is 4.48. The van der Waals surface area contributed by atoms with Crippen molar-refractivity contribution < 1.29 is 5.11 Å². The molecule has 4 nitrogen and oxygen atoms in total. The summed E-state index contributed by atoms with van der Waals surface area (Å²) >= 11 is 1.37. The first kappa shape index (κ1) is 14.3. The van der Waals surface area contributed by atoms with Crippen molar-refractivity contribution in [1.29, 1.82) is 0 Å². The molecule has 2 aliphatic heterocycles. The lowest BCUT2D eigenvalue weighted by Crippen LogP contribution is -2.46. The molecular formula is C17H22N3OS+. The summed E-state index contributed by atoms with van der Waals surface area (Å²) < 4.78 is 4.72. The van der Waals surface area contributed by atoms with Crippen LogP contribution in [0.5, 0.6) is 0 Å². The average Bonchev–Trinajstić information content (AvgIpc) is 3.10. The summed E-state index contributed by atoms with van der Waals surface area (Å²) in [5, 5.41) is 10.6. The number of imidazole rings is 1. The van der Waals surface area contributed by atoms with Gasteiger partial charge in [-0.1, -0.05) is 24.3 Å². The van der Waals surface area contributed by atoms with E-state index in [9.17, 15) is 5.11 Å². The Morgan fingerprint density at radius 2 is 2.23 bits per heavy atom. The third kappa shape index (κ3) is 2.19. The molecule has 1 aromatic heterocycles. The fourth-order valence-electron chi connectivity index (χ4n) is 3.90. The summed E-state index contributed by atoms with van der Waals surface area (Å²) in [6, 6.07) is 8.76. The van der Waals surface area contributed by atoms with Crippen molar-refractivity contribution in [3.63, 3.8) is 0 Å². The van der Waals surface area contributed by atoms with Crippen LogP contribution in [0.1, 0.15) is 24.9 Å². The molecule has 2 aromatic rings. The van der Waals surface area contributed by atoms with Crippen LogP contribution in [0, 0.1) is 5.92 Å². The number of rotatable bonds is 3. The third-order valence-electron chi connectivity index (χ3n) is 4.87. The van der Waals surface area contributed by atoms with Crippen LogP contribution in [0.15, 0.2) is 36.8 Å². The molecule has 0 aliphatic carbocycles. The normalized spacial score (nSPS) is 27.6. The van der Waals surface area contributed by atoms with Crippen molar-refractivity contribution in [3.8, 4) is 11.3 Å². The van der Waals surface area contributed by atoms with E-state index >= 15 is 0 Å². The van der Waals surface area contributed by atoms with Crippen LogP contribution in [-0.4, -0.2) is 43.9 Å². The fourth-order valence-corrected chi connectivity index (χ4v) is 4.86. The monoisotopic (exact) mass is 316 g/mol. The molecule has 3 atom stereocenters. The second kappa shape index (κ2) is 5.72. The topological polar surface area (TPSA) is 41.3 Å². The fraction of sp³-hybridized carbons (Fsp3) is 0.471. The van der Waals surface area contributed by atoms with Gasteiger partial charge in [-0.25, -0.2) is 4.98 Å². The number of piperidine rings is 1. The quantitative estimate of drug-likeness (QED) is 0.694. The lowest BCUT2D eigenvalue weighted by molar-refractivity contribution is 0.0380. The number of fused-ring (bicyclic) bond motifs is 3. The van der Waals surface area contributed by atoms with E-state index in [1.54, 1.807) is 0 Å². The van der Waals surface area contributed by atoms with Crippen LogP contribution in [-0.2, 0) is 11.9 Å². The largest absolute Gasteiger partial charge is 0.393 e. The van der Waals surface area contributed by atoms with Crippen LogP contribution in [0.2, 0.25) is 0 Å².